The molecule has 0 aromatic heterocycles. The molecule has 1 N–H and O–H groups in total. The van der Waals surface area contributed by atoms with Crippen molar-refractivity contribution in [2.45, 2.75) is 30.9 Å². The standard InChI is InChI=1S/C15H16F2N2O2S/c1-3-9(2)13(20)12(8-18)14(21)19-10-4-6-11(7-5-10)22-15(16)17/h4-7,9,12,15H,3H2,1-2H3,(H,19,21)/t9-,12+/m0/s1. The maximum Gasteiger partial charge on any atom is 0.288 e. The Balaban J connectivity index is 2.74. The number of halogens is 2. The van der Waals surface area contributed by atoms with Crippen LogP contribution in [0.4, 0.5) is 14.5 Å². The lowest BCUT2D eigenvalue weighted by Gasteiger charge is -2.13. The van der Waals surface area contributed by atoms with E-state index >= 15 is 0 Å². The van der Waals surface area contributed by atoms with Crippen molar-refractivity contribution >= 4 is 29.1 Å². The van der Waals surface area contributed by atoms with E-state index in [4.69, 9.17) is 5.26 Å². The second kappa shape index (κ2) is 8.49. The van der Waals surface area contributed by atoms with Gasteiger partial charge in [-0.3, -0.25) is 9.59 Å². The molecule has 0 heterocycles. The average Bonchev–Trinajstić information content (AvgIpc) is 2.48. The number of nitriles is 1. The van der Waals surface area contributed by atoms with E-state index in [0.717, 1.165) is 0 Å². The highest BCUT2D eigenvalue weighted by atomic mass is 32.2. The van der Waals surface area contributed by atoms with Gasteiger partial charge in [-0.1, -0.05) is 25.6 Å². The van der Waals surface area contributed by atoms with Crippen molar-refractivity contribution in [2.24, 2.45) is 11.8 Å². The van der Waals surface area contributed by atoms with Crippen LogP contribution < -0.4 is 5.32 Å². The molecular formula is C15H16F2N2O2S. The number of hydrogen-bond donors (Lipinski definition) is 1. The first kappa shape index (κ1) is 18.1. The number of alkyl halides is 2. The zero-order valence-electron chi connectivity index (χ0n) is 12.2. The number of Topliss-reactive ketones (excluding diaryl/α,β-unsaturated/α-hetero) is 1. The molecule has 1 aromatic rings. The van der Waals surface area contributed by atoms with Crippen molar-refractivity contribution in [3.05, 3.63) is 24.3 Å². The van der Waals surface area contributed by atoms with Gasteiger partial charge in [0, 0.05) is 16.5 Å². The van der Waals surface area contributed by atoms with Gasteiger partial charge in [0.15, 0.2) is 11.7 Å². The van der Waals surface area contributed by atoms with Gasteiger partial charge in [0.25, 0.3) is 5.76 Å². The van der Waals surface area contributed by atoms with Gasteiger partial charge in [0.2, 0.25) is 5.91 Å². The van der Waals surface area contributed by atoms with Crippen molar-refractivity contribution in [2.75, 3.05) is 5.32 Å². The van der Waals surface area contributed by atoms with E-state index in [9.17, 15) is 18.4 Å². The average molecular weight is 326 g/mol. The Morgan fingerprint density at radius 1 is 1.32 bits per heavy atom. The monoisotopic (exact) mass is 326 g/mol. The summed E-state index contributed by atoms with van der Waals surface area (Å²) in [4.78, 5) is 24.3. The van der Waals surface area contributed by atoms with Crippen LogP contribution in [0.25, 0.3) is 0 Å². The van der Waals surface area contributed by atoms with Gasteiger partial charge in [-0.15, -0.1) is 0 Å². The number of rotatable bonds is 7. The predicted octanol–water partition coefficient (Wildman–Crippen LogP) is 3.69. The van der Waals surface area contributed by atoms with Crippen LogP contribution in [0.3, 0.4) is 0 Å². The molecule has 2 atom stereocenters. The molecule has 0 saturated heterocycles. The molecule has 0 saturated carbocycles. The summed E-state index contributed by atoms with van der Waals surface area (Å²) in [6, 6.07) is 7.48. The number of nitrogens with one attached hydrogen (secondary N) is 1. The van der Waals surface area contributed by atoms with E-state index in [-0.39, 0.29) is 5.92 Å². The highest BCUT2D eigenvalue weighted by Gasteiger charge is 2.29. The van der Waals surface area contributed by atoms with Gasteiger partial charge in [0.1, 0.15) is 0 Å². The summed E-state index contributed by atoms with van der Waals surface area (Å²) >= 11 is 0.396. The van der Waals surface area contributed by atoms with Crippen LogP contribution in [0.5, 0.6) is 0 Å². The zero-order chi connectivity index (χ0) is 16.7. The maximum absolute atomic E-state index is 12.2. The van der Waals surface area contributed by atoms with Gasteiger partial charge in [-0.2, -0.15) is 14.0 Å². The van der Waals surface area contributed by atoms with Crippen LogP contribution in [0.1, 0.15) is 20.3 Å². The summed E-state index contributed by atoms with van der Waals surface area (Å²) in [6.45, 7) is 3.46. The number of ketones is 1. The molecule has 7 heteroatoms. The second-order valence-electron chi connectivity index (χ2n) is 4.67. The number of hydrogen-bond acceptors (Lipinski definition) is 4. The van der Waals surface area contributed by atoms with Gasteiger partial charge < -0.3 is 5.32 Å². The third-order valence-electron chi connectivity index (χ3n) is 3.12. The van der Waals surface area contributed by atoms with Crippen molar-refractivity contribution < 1.29 is 18.4 Å². The molecule has 0 unspecified atom stereocenters. The fourth-order valence-corrected chi connectivity index (χ4v) is 2.17. The quantitative estimate of drug-likeness (QED) is 0.613. The SMILES string of the molecule is CC[C@H](C)C(=O)[C@@H](C#N)C(=O)Nc1ccc(SC(F)F)cc1. The molecule has 0 aliphatic heterocycles. The van der Waals surface area contributed by atoms with Crippen LogP contribution in [-0.4, -0.2) is 17.4 Å². The third kappa shape index (κ3) is 5.11. The Labute approximate surface area is 131 Å². The minimum absolute atomic E-state index is 0.348. The zero-order valence-corrected chi connectivity index (χ0v) is 13.0. The van der Waals surface area contributed by atoms with Crippen LogP contribution >= 0.6 is 11.8 Å². The molecule has 1 rings (SSSR count). The third-order valence-corrected chi connectivity index (χ3v) is 3.84. The van der Waals surface area contributed by atoms with Crippen molar-refractivity contribution in [1.29, 1.82) is 5.26 Å². The Morgan fingerprint density at radius 2 is 1.91 bits per heavy atom. The lowest BCUT2D eigenvalue weighted by atomic mass is 9.92. The molecule has 0 bridgehead atoms. The lowest BCUT2D eigenvalue weighted by Crippen LogP contribution is -2.31. The number of anilines is 1. The number of benzene rings is 1. The van der Waals surface area contributed by atoms with Gasteiger partial charge in [-0.05, 0) is 30.7 Å². The molecule has 4 nitrogen and oxygen atoms in total. The molecule has 1 aromatic carbocycles. The Morgan fingerprint density at radius 3 is 2.36 bits per heavy atom. The summed E-state index contributed by atoms with van der Waals surface area (Å²) < 4.78 is 24.4. The van der Waals surface area contributed by atoms with Crippen molar-refractivity contribution in [1.82, 2.24) is 0 Å². The molecule has 22 heavy (non-hydrogen) atoms. The number of carbonyl (C=O) groups excluding carboxylic acids is 2. The fraction of sp³-hybridized carbons (Fsp3) is 0.400. The summed E-state index contributed by atoms with van der Waals surface area (Å²) in [7, 11) is 0. The van der Waals surface area contributed by atoms with Gasteiger partial charge in [-0.25, -0.2) is 0 Å². The Hall–Kier alpha value is -1.94. The normalized spacial score (nSPS) is 13.3. The Bertz CT molecular complexity index is 570. The number of carbonyl (C=O) groups is 2. The van der Waals surface area contributed by atoms with E-state index in [1.807, 2.05) is 0 Å². The van der Waals surface area contributed by atoms with Crippen LogP contribution in [0.15, 0.2) is 29.2 Å². The largest absolute Gasteiger partial charge is 0.325 e. The van der Waals surface area contributed by atoms with Gasteiger partial charge >= 0.3 is 0 Å². The van der Waals surface area contributed by atoms with E-state index in [2.05, 4.69) is 5.32 Å². The van der Waals surface area contributed by atoms with E-state index in [1.165, 1.54) is 24.3 Å². The minimum atomic E-state index is -2.52. The predicted molar refractivity (Wildman–Crippen MR) is 80.5 cm³/mol. The minimum Gasteiger partial charge on any atom is -0.325 e. The molecule has 118 valence electrons. The molecule has 0 fully saturated rings. The molecule has 0 spiro atoms. The topological polar surface area (TPSA) is 70.0 Å². The van der Waals surface area contributed by atoms with E-state index in [0.29, 0.717) is 28.8 Å². The molecule has 0 aliphatic rings. The second-order valence-corrected chi connectivity index (χ2v) is 5.73. The molecule has 0 aliphatic carbocycles. The van der Waals surface area contributed by atoms with E-state index < -0.39 is 23.4 Å². The highest BCUT2D eigenvalue weighted by Crippen LogP contribution is 2.26. The summed E-state index contributed by atoms with van der Waals surface area (Å²) in [5.74, 6) is -5.39. The smallest absolute Gasteiger partial charge is 0.288 e. The molecular weight excluding hydrogens is 310 g/mol. The Kier molecular flexibility index (Phi) is 6.99. The van der Waals surface area contributed by atoms with Gasteiger partial charge in [0.05, 0.1) is 6.07 Å². The van der Waals surface area contributed by atoms with Crippen LogP contribution in [0, 0.1) is 23.2 Å². The van der Waals surface area contributed by atoms with Crippen molar-refractivity contribution in [3.8, 4) is 6.07 Å². The first-order valence-electron chi connectivity index (χ1n) is 6.68. The summed E-state index contributed by atoms with van der Waals surface area (Å²) in [5, 5.41) is 11.5. The highest BCUT2D eigenvalue weighted by molar-refractivity contribution is 7.99. The summed E-state index contributed by atoms with van der Waals surface area (Å²) in [5.41, 5.74) is 0.348. The van der Waals surface area contributed by atoms with Crippen molar-refractivity contribution in [3.63, 3.8) is 0 Å². The fourth-order valence-electron chi connectivity index (χ4n) is 1.67. The van der Waals surface area contributed by atoms with E-state index in [1.54, 1.807) is 19.9 Å². The number of nitrogens with zero attached hydrogens (tertiary/aromatic N) is 1. The molecule has 1 amide bonds. The first-order valence-corrected chi connectivity index (χ1v) is 7.56. The number of thioether (sulfide) groups is 1. The molecule has 0 radical (unpaired) electrons. The first-order chi connectivity index (χ1) is 10.4. The lowest BCUT2D eigenvalue weighted by molar-refractivity contribution is -0.131. The maximum atomic E-state index is 12.2. The van der Waals surface area contributed by atoms with Crippen LogP contribution in [0.2, 0.25) is 0 Å². The number of amides is 1. The summed E-state index contributed by atoms with van der Waals surface area (Å²) in [6.07, 6.45) is 0.545. The van der Waals surface area contributed by atoms with Crippen LogP contribution in [-0.2, 0) is 9.59 Å².